The highest BCUT2D eigenvalue weighted by atomic mass is 32.2. The maximum absolute atomic E-state index is 12.3. The molecular weight excluding hydrogens is 360 g/mol. The number of ether oxygens (including phenoxy) is 1. The molecule has 7 heteroatoms. The van der Waals surface area contributed by atoms with Crippen LogP contribution in [0.25, 0.3) is 11.0 Å². The van der Waals surface area contributed by atoms with Crippen molar-refractivity contribution in [2.75, 3.05) is 43.8 Å². The summed E-state index contributed by atoms with van der Waals surface area (Å²) in [5.41, 5.74) is 3.86. The Balaban J connectivity index is 1.66. The molecule has 0 radical (unpaired) electrons. The van der Waals surface area contributed by atoms with E-state index >= 15 is 0 Å². The number of fused-ring (bicyclic) bond motifs is 1. The van der Waals surface area contributed by atoms with Crippen LogP contribution in [-0.4, -0.2) is 49.0 Å². The topological polar surface area (TPSA) is 59.4 Å². The highest BCUT2D eigenvalue weighted by Gasteiger charge is 2.13. The van der Waals surface area contributed by atoms with E-state index in [9.17, 15) is 4.79 Å². The summed E-state index contributed by atoms with van der Waals surface area (Å²) in [5, 5.41) is 3.76. The summed E-state index contributed by atoms with van der Waals surface area (Å²) in [6.07, 6.45) is 0. The van der Waals surface area contributed by atoms with Gasteiger partial charge in [-0.2, -0.15) is 0 Å². The molecule has 0 aliphatic heterocycles. The minimum atomic E-state index is -0.0528. The first-order valence-electron chi connectivity index (χ1n) is 8.72. The first kappa shape index (κ1) is 19.3. The number of para-hydroxylation sites is 2. The Kier molecular flexibility index (Phi) is 6.36. The van der Waals surface area contributed by atoms with E-state index in [4.69, 9.17) is 4.74 Å². The molecule has 1 aromatic heterocycles. The van der Waals surface area contributed by atoms with Crippen molar-refractivity contribution in [2.24, 2.45) is 0 Å². The fraction of sp³-hybridized carbons (Fsp3) is 0.300. The Bertz CT molecular complexity index is 906. The van der Waals surface area contributed by atoms with Gasteiger partial charge in [0, 0.05) is 39.1 Å². The number of nitrogens with zero attached hydrogens (tertiary/aromatic N) is 3. The van der Waals surface area contributed by atoms with Crippen LogP contribution in [0, 0.1) is 0 Å². The second-order valence-corrected chi connectivity index (χ2v) is 7.25. The van der Waals surface area contributed by atoms with Crippen LogP contribution in [0.2, 0.25) is 0 Å². The van der Waals surface area contributed by atoms with E-state index in [1.165, 1.54) is 11.8 Å². The molecule has 0 fully saturated rings. The Morgan fingerprint density at radius 2 is 1.93 bits per heavy atom. The zero-order valence-electron chi connectivity index (χ0n) is 15.8. The molecule has 0 aliphatic carbocycles. The number of anilines is 2. The second kappa shape index (κ2) is 8.92. The molecule has 1 N–H and O–H groups in total. The fourth-order valence-electron chi connectivity index (χ4n) is 2.73. The first-order chi connectivity index (χ1) is 13.1. The van der Waals surface area contributed by atoms with Crippen molar-refractivity contribution in [2.45, 2.75) is 11.7 Å². The molecule has 0 unspecified atom stereocenters. The van der Waals surface area contributed by atoms with Crippen LogP contribution in [0.15, 0.2) is 53.7 Å². The minimum absolute atomic E-state index is 0.0528. The molecule has 1 heterocycles. The smallest absolute Gasteiger partial charge is 0.234 e. The van der Waals surface area contributed by atoms with Gasteiger partial charge in [-0.3, -0.25) is 4.79 Å². The molecule has 0 aliphatic rings. The molecule has 3 rings (SSSR count). The zero-order valence-corrected chi connectivity index (χ0v) is 16.6. The average molecular weight is 385 g/mol. The first-order valence-corrected chi connectivity index (χ1v) is 9.71. The van der Waals surface area contributed by atoms with Gasteiger partial charge >= 0.3 is 0 Å². The van der Waals surface area contributed by atoms with Gasteiger partial charge in [-0.1, -0.05) is 23.9 Å². The van der Waals surface area contributed by atoms with Gasteiger partial charge in [0.05, 0.1) is 23.4 Å². The van der Waals surface area contributed by atoms with E-state index in [0.29, 0.717) is 18.9 Å². The van der Waals surface area contributed by atoms with Crippen LogP contribution < -0.4 is 10.2 Å². The molecule has 142 valence electrons. The van der Waals surface area contributed by atoms with Crippen LogP contribution >= 0.6 is 11.8 Å². The molecule has 0 saturated heterocycles. The lowest BCUT2D eigenvalue weighted by atomic mass is 10.2. The molecule has 0 atom stereocenters. The monoisotopic (exact) mass is 384 g/mol. The second-order valence-electron chi connectivity index (χ2n) is 6.31. The van der Waals surface area contributed by atoms with Gasteiger partial charge in [-0.15, -0.1) is 0 Å². The van der Waals surface area contributed by atoms with E-state index in [0.717, 1.165) is 27.6 Å². The third kappa shape index (κ3) is 4.81. The number of thioether (sulfide) groups is 1. The van der Waals surface area contributed by atoms with Crippen LogP contribution in [-0.2, 0) is 16.1 Å². The van der Waals surface area contributed by atoms with Crippen molar-refractivity contribution in [1.29, 1.82) is 0 Å². The number of rotatable bonds is 8. The van der Waals surface area contributed by atoms with E-state index in [1.807, 2.05) is 67.5 Å². The molecule has 2 aromatic carbocycles. The maximum atomic E-state index is 12.3. The number of carbonyl (C=O) groups excluding carboxylic acids is 1. The lowest BCUT2D eigenvalue weighted by Gasteiger charge is -2.13. The van der Waals surface area contributed by atoms with Crippen molar-refractivity contribution in [3.63, 3.8) is 0 Å². The summed E-state index contributed by atoms with van der Waals surface area (Å²) in [7, 11) is 5.65. The van der Waals surface area contributed by atoms with Crippen LogP contribution in [0.5, 0.6) is 0 Å². The van der Waals surface area contributed by atoms with E-state index < -0.39 is 0 Å². The number of aromatic nitrogens is 2. The van der Waals surface area contributed by atoms with Crippen molar-refractivity contribution in [3.8, 4) is 0 Å². The fourth-order valence-corrected chi connectivity index (χ4v) is 3.57. The van der Waals surface area contributed by atoms with Crippen molar-refractivity contribution >= 4 is 40.1 Å². The van der Waals surface area contributed by atoms with E-state index in [2.05, 4.69) is 14.9 Å². The predicted octanol–water partition coefficient (Wildman–Crippen LogP) is 3.48. The number of methoxy groups -OCH3 is 1. The summed E-state index contributed by atoms with van der Waals surface area (Å²) in [4.78, 5) is 19.0. The van der Waals surface area contributed by atoms with Crippen LogP contribution in [0.4, 0.5) is 11.4 Å². The highest BCUT2D eigenvalue weighted by molar-refractivity contribution is 7.99. The zero-order chi connectivity index (χ0) is 19.2. The molecule has 27 heavy (non-hydrogen) atoms. The predicted molar refractivity (Wildman–Crippen MR) is 112 cm³/mol. The molecule has 3 aromatic rings. The summed E-state index contributed by atoms with van der Waals surface area (Å²) in [6, 6.07) is 15.8. The lowest BCUT2D eigenvalue weighted by Crippen LogP contribution is -2.15. The van der Waals surface area contributed by atoms with E-state index in [1.54, 1.807) is 7.11 Å². The SMILES string of the molecule is COCCn1c(SCC(=O)Nc2ccc(N(C)C)cc2)nc2ccccc21. The minimum Gasteiger partial charge on any atom is -0.383 e. The summed E-state index contributed by atoms with van der Waals surface area (Å²) < 4.78 is 7.31. The quantitative estimate of drug-likeness (QED) is 0.603. The van der Waals surface area contributed by atoms with Gasteiger partial charge in [-0.25, -0.2) is 4.98 Å². The summed E-state index contributed by atoms with van der Waals surface area (Å²) in [5.74, 6) is 0.245. The Hall–Kier alpha value is -2.51. The van der Waals surface area contributed by atoms with Crippen molar-refractivity contribution in [3.05, 3.63) is 48.5 Å². The molecule has 6 nitrogen and oxygen atoms in total. The van der Waals surface area contributed by atoms with Crippen molar-refractivity contribution < 1.29 is 9.53 Å². The highest BCUT2D eigenvalue weighted by Crippen LogP contribution is 2.24. The number of hydrogen-bond donors (Lipinski definition) is 1. The molecule has 0 bridgehead atoms. The van der Waals surface area contributed by atoms with Gasteiger partial charge in [0.2, 0.25) is 5.91 Å². The van der Waals surface area contributed by atoms with Crippen molar-refractivity contribution in [1.82, 2.24) is 9.55 Å². The molecular formula is C20H24N4O2S. The van der Waals surface area contributed by atoms with Gasteiger partial charge in [-0.05, 0) is 36.4 Å². The number of imidazole rings is 1. The Morgan fingerprint density at radius 3 is 2.63 bits per heavy atom. The maximum Gasteiger partial charge on any atom is 0.234 e. The van der Waals surface area contributed by atoms with Crippen LogP contribution in [0.1, 0.15) is 0 Å². The number of benzene rings is 2. The Labute approximate surface area is 163 Å². The van der Waals surface area contributed by atoms with Crippen LogP contribution in [0.3, 0.4) is 0 Å². The van der Waals surface area contributed by atoms with E-state index in [-0.39, 0.29) is 5.91 Å². The van der Waals surface area contributed by atoms with Gasteiger partial charge in [0.1, 0.15) is 0 Å². The molecule has 0 spiro atoms. The molecule has 0 saturated carbocycles. The molecule has 1 amide bonds. The Morgan fingerprint density at radius 1 is 1.19 bits per heavy atom. The number of nitrogens with one attached hydrogen (secondary N) is 1. The third-order valence-electron chi connectivity index (χ3n) is 4.14. The summed E-state index contributed by atoms with van der Waals surface area (Å²) in [6.45, 7) is 1.30. The standard InChI is InChI=1S/C20H24N4O2S/c1-23(2)16-10-8-15(9-11-16)21-19(25)14-27-20-22-17-6-4-5-7-18(17)24(20)12-13-26-3/h4-11H,12-14H2,1-3H3,(H,21,25). The average Bonchev–Trinajstić information content (AvgIpc) is 3.02. The van der Waals surface area contributed by atoms with Gasteiger partial charge < -0.3 is 19.5 Å². The number of hydrogen-bond acceptors (Lipinski definition) is 5. The van der Waals surface area contributed by atoms with Gasteiger partial charge in [0.25, 0.3) is 0 Å². The number of carbonyl (C=O) groups is 1. The summed E-state index contributed by atoms with van der Waals surface area (Å²) >= 11 is 1.43. The third-order valence-corrected chi connectivity index (χ3v) is 5.11. The van der Waals surface area contributed by atoms with Gasteiger partial charge in [0.15, 0.2) is 5.16 Å². The normalized spacial score (nSPS) is 10.9. The lowest BCUT2D eigenvalue weighted by molar-refractivity contribution is -0.113. The number of amides is 1. The largest absolute Gasteiger partial charge is 0.383 e.